The molecule has 3 aromatic rings. The van der Waals surface area contributed by atoms with E-state index >= 15 is 0 Å². The number of hydrogen-bond acceptors (Lipinski definition) is 3. The molecule has 1 aromatic heterocycles. The average Bonchev–Trinajstić information content (AvgIpc) is 2.92. The molecule has 1 heterocycles. The van der Waals surface area contributed by atoms with E-state index < -0.39 is 0 Å². The summed E-state index contributed by atoms with van der Waals surface area (Å²) in [6.07, 6.45) is 1.64. The lowest BCUT2D eigenvalue weighted by Crippen LogP contribution is -2.05. The molecule has 0 bridgehead atoms. The van der Waals surface area contributed by atoms with Gasteiger partial charge in [0.25, 0.3) is 0 Å². The molecular weight excluding hydrogens is 305 g/mol. The Balaban J connectivity index is 2.16. The molecule has 0 aliphatic carbocycles. The van der Waals surface area contributed by atoms with Crippen molar-refractivity contribution in [3.8, 4) is 11.4 Å². The van der Waals surface area contributed by atoms with Crippen molar-refractivity contribution in [2.75, 3.05) is 6.61 Å². The van der Waals surface area contributed by atoms with E-state index in [9.17, 15) is 4.39 Å². The summed E-state index contributed by atoms with van der Waals surface area (Å²) in [6, 6.07) is 8.17. The summed E-state index contributed by atoms with van der Waals surface area (Å²) in [5.41, 5.74) is 8.79. The topological polar surface area (TPSA) is 53.1 Å². The first-order chi connectivity index (χ1) is 10.6. The van der Waals surface area contributed by atoms with E-state index in [2.05, 4.69) is 4.98 Å². The number of hydrogen-bond donors (Lipinski definition) is 1. The van der Waals surface area contributed by atoms with Gasteiger partial charge in [-0.3, -0.25) is 4.57 Å². The molecular formula is C16H15ClFN3O. The fraction of sp³-hybridized carbons (Fsp3) is 0.188. The van der Waals surface area contributed by atoms with Crippen LogP contribution in [-0.2, 0) is 6.54 Å². The maximum Gasteiger partial charge on any atom is 0.142 e. The van der Waals surface area contributed by atoms with E-state index in [0.717, 1.165) is 16.8 Å². The summed E-state index contributed by atoms with van der Waals surface area (Å²) in [7, 11) is 0. The van der Waals surface area contributed by atoms with Gasteiger partial charge in [0.05, 0.1) is 22.7 Å². The van der Waals surface area contributed by atoms with Crippen molar-refractivity contribution >= 4 is 22.6 Å². The third-order valence-electron chi connectivity index (χ3n) is 3.40. The van der Waals surface area contributed by atoms with Crippen LogP contribution in [0, 0.1) is 5.82 Å². The summed E-state index contributed by atoms with van der Waals surface area (Å²) < 4.78 is 20.7. The lowest BCUT2D eigenvalue weighted by molar-refractivity contribution is 0.337. The zero-order chi connectivity index (χ0) is 15.7. The first kappa shape index (κ1) is 14.8. The predicted molar refractivity (Wildman–Crippen MR) is 85.1 cm³/mol. The molecule has 0 aliphatic heterocycles. The maximum absolute atomic E-state index is 13.3. The molecule has 0 fully saturated rings. The van der Waals surface area contributed by atoms with Gasteiger partial charge in [-0.2, -0.15) is 0 Å². The third-order valence-corrected chi connectivity index (χ3v) is 3.68. The number of fused-ring (bicyclic) bond motifs is 1. The van der Waals surface area contributed by atoms with E-state index in [1.54, 1.807) is 18.5 Å². The fourth-order valence-electron chi connectivity index (χ4n) is 2.42. The minimum absolute atomic E-state index is 0.310. The van der Waals surface area contributed by atoms with Gasteiger partial charge in [0, 0.05) is 23.9 Å². The molecule has 0 aliphatic rings. The van der Waals surface area contributed by atoms with Crippen LogP contribution in [0.15, 0.2) is 36.7 Å². The molecule has 0 atom stereocenters. The Morgan fingerprint density at radius 2 is 2.14 bits per heavy atom. The minimum atomic E-state index is -0.315. The fourth-order valence-corrected chi connectivity index (χ4v) is 2.71. The van der Waals surface area contributed by atoms with Crippen molar-refractivity contribution in [1.29, 1.82) is 0 Å². The van der Waals surface area contributed by atoms with Gasteiger partial charge in [0.2, 0.25) is 0 Å². The molecule has 0 radical (unpaired) electrons. The van der Waals surface area contributed by atoms with Gasteiger partial charge in [-0.1, -0.05) is 11.6 Å². The van der Waals surface area contributed by atoms with Crippen LogP contribution < -0.4 is 10.5 Å². The van der Waals surface area contributed by atoms with Crippen molar-refractivity contribution in [3.63, 3.8) is 0 Å². The van der Waals surface area contributed by atoms with Crippen molar-refractivity contribution in [2.45, 2.75) is 13.5 Å². The standard InChI is InChI=1S/C16H15ClFN3O/c1-2-22-16-10(8-19)5-12(7-13(16)17)21-9-20-14-6-11(18)3-4-15(14)21/h3-7,9H,2,8,19H2,1H3. The largest absolute Gasteiger partial charge is 0.492 e. The lowest BCUT2D eigenvalue weighted by Gasteiger charge is -2.14. The Morgan fingerprint density at radius 1 is 1.32 bits per heavy atom. The third kappa shape index (κ3) is 2.53. The molecule has 2 aromatic carbocycles. The van der Waals surface area contributed by atoms with Crippen LogP contribution in [0.1, 0.15) is 12.5 Å². The van der Waals surface area contributed by atoms with E-state index in [4.69, 9.17) is 22.1 Å². The van der Waals surface area contributed by atoms with E-state index in [0.29, 0.717) is 29.4 Å². The highest BCUT2D eigenvalue weighted by molar-refractivity contribution is 6.32. The molecule has 0 spiro atoms. The molecule has 3 rings (SSSR count). The van der Waals surface area contributed by atoms with Crippen LogP contribution in [-0.4, -0.2) is 16.2 Å². The molecule has 0 amide bonds. The summed E-state index contributed by atoms with van der Waals surface area (Å²) in [5.74, 6) is 0.288. The molecule has 0 saturated carbocycles. The molecule has 2 N–H and O–H groups in total. The Labute approximate surface area is 132 Å². The number of aromatic nitrogens is 2. The highest BCUT2D eigenvalue weighted by Crippen LogP contribution is 2.32. The Morgan fingerprint density at radius 3 is 2.86 bits per heavy atom. The quantitative estimate of drug-likeness (QED) is 0.798. The number of rotatable bonds is 4. The van der Waals surface area contributed by atoms with Gasteiger partial charge in [0.1, 0.15) is 17.9 Å². The van der Waals surface area contributed by atoms with Crippen LogP contribution in [0.2, 0.25) is 5.02 Å². The van der Waals surface area contributed by atoms with Gasteiger partial charge in [-0.05, 0) is 31.2 Å². The summed E-state index contributed by atoms with van der Waals surface area (Å²) in [4.78, 5) is 4.22. The van der Waals surface area contributed by atoms with Gasteiger partial charge < -0.3 is 10.5 Å². The lowest BCUT2D eigenvalue weighted by atomic mass is 10.1. The first-order valence-electron chi connectivity index (χ1n) is 6.92. The van der Waals surface area contributed by atoms with Gasteiger partial charge in [-0.15, -0.1) is 0 Å². The highest BCUT2D eigenvalue weighted by atomic mass is 35.5. The van der Waals surface area contributed by atoms with Gasteiger partial charge in [0.15, 0.2) is 0 Å². The second kappa shape index (κ2) is 5.94. The van der Waals surface area contributed by atoms with Crippen LogP contribution in [0.3, 0.4) is 0 Å². The molecule has 22 heavy (non-hydrogen) atoms. The normalized spacial score (nSPS) is 11.1. The maximum atomic E-state index is 13.3. The molecule has 4 nitrogen and oxygen atoms in total. The molecule has 0 saturated heterocycles. The van der Waals surface area contributed by atoms with Crippen molar-refractivity contribution in [2.24, 2.45) is 5.73 Å². The summed E-state index contributed by atoms with van der Waals surface area (Å²) >= 11 is 6.31. The van der Waals surface area contributed by atoms with Crippen LogP contribution in [0.4, 0.5) is 4.39 Å². The number of benzene rings is 2. The second-order valence-corrected chi connectivity index (χ2v) is 5.21. The smallest absolute Gasteiger partial charge is 0.142 e. The average molecular weight is 320 g/mol. The zero-order valence-corrected chi connectivity index (χ0v) is 12.8. The minimum Gasteiger partial charge on any atom is -0.492 e. The number of ether oxygens (including phenoxy) is 1. The van der Waals surface area contributed by atoms with Crippen LogP contribution in [0.25, 0.3) is 16.7 Å². The molecule has 6 heteroatoms. The second-order valence-electron chi connectivity index (χ2n) is 4.80. The Kier molecular flexibility index (Phi) is 4.00. The SMILES string of the molecule is CCOc1c(Cl)cc(-n2cnc3cc(F)ccc32)cc1CN. The van der Waals surface area contributed by atoms with Gasteiger partial charge in [-0.25, -0.2) is 9.37 Å². The zero-order valence-electron chi connectivity index (χ0n) is 12.0. The molecule has 114 valence electrons. The van der Waals surface area contributed by atoms with Crippen molar-refractivity contribution < 1.29 is 9.13 Å². The Bertz CT molecular complexity index is 832. The number of imidazole rings is 1. The molecule has 0 unspecified atom stereocenters. The monoisotopic (exact) mass is 319 g/mol. The first-order valence-corrected chi connectivity index (χ1v) is 7.30. The van der Waals surface area contributed by atoms with Crippen molar-refractivity contribution in [3.05, 3.63) is 53.1 Å². The predicted octanol–water partition coefficient (Wildman–Crippen LogP) is 3.68. The van der Waals surface area contributed by atoms with Gasteiger partial charge >= 0.3 is 0 Å². The van der Waals surface area contributed by atoms with E-state index in [1.165, 1.54) is 12.1 Å². The van der Waals surface area contributed by atoms with E-state index in [1.807, 2.05) is 17.6 Å². The summed E-state index contributed by atoms with van der Waals surface area (Å²) in [5, 5.41) is 0.490. The number of nitrogens with two attached hydrogens (primary N) is 1. The van der Waals surface area contributed by atoms with Crippen molar-refractivity contribution in [1.82, 2.24) is 9.55 Å². The summed E-state index contributed by atoms with van der Waals surface area (Å²) in [6.45, 7) is 2.71. The van der Waals surface area contributed by atoms with E-state index in [-0.39, 0.29) is 5.82 Å². The Hall–Kier alpha value is -2.11. The number of nitrogens with zero attached hydrogens (tertiary/aromatic N) is 2. The van der Waals surface area contributed by atoms with Crippen LogP contribution >= 0.6 is 11.6 Å². The van der Waals surface area contributed by atoms with Crippen LogP contribution in [0.5, 0.6) is 5.75 Å². The highest BCUT2D eigenvalue weighted by Gasteiger charge is 2.13. The number of halogens is 2.